The number of nitrogens with zero attached hydrogens (tertiary/aromatic N) is 4. The van der Waals surface area contributed by atoms with Gasteiger partial charge in [-0.1, -0.05) is 0 Å². The number of hydrogen-bond acceptors (Lipinski definition) is 9. The standard InChI is InChI=1S/C23H41N7O7S/c1-2-37-22(32)7-9-30(19-5-6-19)23(33)20(27-38(34,35)29-10-12-36-13-11-29)14-21(31)25-15-18-4-3-8-28(16-18)17-26-24/h17-20,27H,2-16,24H2,1H3,(H,25,31)/t18-,20-/m0/s1. The SMILES string of the molecule is CCOC(=O)CCN(C(=O)[C@H](CC(=O)NC[C@@H]1CCCN(C=NN)C1)NS(=O)(=O)N1CCOCC1)C1CC1. The lowest BCUT2D eigenvalue weighted by Gasteiger charge is -2.32. The number of carbonyl (C=O) groups excluding carboxylic acids is 3. The van der Waals surface area contributed by atoms with E-state index in [1.807, 2.05) is 4.90 Å². The summed E-state index contributed by atoms with van der Waals surface area (Å²) in [6, 6.07) is -1.40. The maximum absolute atomic E-state index is 13.6. The van der Waals surface area contributed by atoms with Crippen molar-refractivity contribution >= 4 is 34.3 Å². The van der Waals surface area contributed by atoms with Gasteiger partial charge in [-0.15, -0.1) is 0 Å². The monoisotopic (exact) mass is 559 g/mol. The zero-order valence-electron chi connectivity index (χ0n) is 22.0. The lowest BCUT2D eigenvalue weighted by Crippen LogP contribution is -2.56. The summed E-state index contributed by atoms with van der Waals surface area (Å²) in [7, 11) is -4.05. The molecule has 3 rings (SSSR count). The second-order valence-corrected chi connectivity index (χ2v) is 11.5. The van der Waals surface area contributed by atoms with Crippen molar-refractivity contribution in [2.45, 2.75) is 57.5 Å². The third-order valence-electron chi connectivity index (χ3n) is 6.79. The number of rotatable bonds is 14. The molecule has 15 heteroatoms. The quantitative estimate of drug-likeness (QED) is 0.0758. The van der Waals surface area contributed by atoms with E-state index < -0.39 is 34.0 Å². The Labute approximate surface area is 224 Å². The third kappa shape index (κ3) is 9.36. The molecule has 0 bridgehead atoms. The summed E-state index contributed by atoms with van der Waals surface area (Å²) in [5.41, 5.74) is 0. The lowest BCUT2D eigenvalue weighted by molar-refractivity contribution is -0.144. The first-order valence-electron chi connectivity index (χ1n) is 13.3. The molecule has 2 heterocycles. The van der Waals surface area contributed by atoms with Gasteiger partial charge in [-0.2, -0.15) is 22.5 Å². The molecule has 2 aliphatic heterocycles. The third-order valence-corrected chi connectivity index (χ3v) is 8.42. The number of esters is 1. The number of hydrazone groups is 1. The van der Waals surface area contributed by atoms with Crippen LogP contribution in [0.15, 0.2) is 5.10 Å². The summed E-state index contributed by atoms with van der Waals surface area (Å²) >= 11 is 0. The fourth-order valence-electron chi connectivity index (χ4n) is 4.70. The number of nitrogens with one attached hydrogen (secondary N) is 2. The van der Waals surface area contributed by atoms with Crippen molar-refractivity contribution in [1.82, 2.24) is 24.1 Å². The molecule has 2 saturated heterocycles. The van der Waals surface area contributed by atoms with Crippen LogP contribution in [0.5, 0.6) is 0 Å². The molecular formula is C23H41N7O7S. The first-order valence-corrected chi connectivity index (χ1v) is 14.7. The van der Waals surface area contributed by atoms with Crippen molar-refractivity contribution < 1.29 is 32.3 Å². The predicted molar refractivity (Wildman–Crippen MR) is 139 cm³/mol. The van der Waals surface area contributed by atoms with Crippen molar-refractivity contribution in [2.75, 3.05) is 59.1 Å². The zero-order valence-corrected chi connectivity index (χ0v) is 22.9. The van der Waals surface area contributed by atoms with Gasteiger partial charge in [0.2, 0.25) is 11.8 Å². The maximum Gasteiger partial charge on any atom is 0.307 e. The van der Waals surface area contributed by atoms with Gasteiger partial charge in [-0.25, -0.2) is 0 Å². The largest absolute Gasteiger partial charge is 0.466 e. The van der Waals surface area contributed by atoms with Crippen LogP contribution in [-0.2, 0) is 34.1 Å². The number of piperidine rings is 1. The number of nitrogens with two attached hydrogens (primary N) is 1. The molecule has 38 heavy (non-hydrogen) atoms. The molecule has 0 radical (unpaired) electrons. The van der Waals surface area contributed by atoms with E-state index in [-0.39, 0.29) is 64.3 Å². The summed E-state index contributed by atoms with van der Waals surface area (Å²) in [4.78, 5) is 42.0. The molecular weight excluding hydrogens is 518 g/mol. The number of likely N-dealkylation sites (tertiary alicyclic amines) is 1. The topological polar surface area (TPSA) is 176 Å². The Morgan fingerprint density at radius 3 is 2.61 bits per heavy atom. The van der Waals surface area contributed by atoms with Crippen molar-refractivity contribution in [1.29, 1.82) is 0 Å². The Morgan fingerprint density at radius 1 is 1.21 bits per heavy atom. The number of carbonyl (C=O) groups is 3. The molecule has 4 N–H and O–H groups in total. The zero-order chi connectivity index (χ0) is 27.5. The average molecular weight is 560 g/mol. The highest BCUT2D eigenvalue weighted by Crippen LogP contribution is 2.28. The first-order chi connectivity index (χ1) is 18.2. The minimum atomic E-state index is -4.05. The van der Waals surface area contributed by atoms with Gasteiger partial charge >= 0.3 is 5.97 Å². The molecule has 1 saturated carbocycles. The molecule has 3 aliphatic rings. The van der Waals surface area contributed by atoms with E-state index in [9.17, 15) is 22.8 Å². The molecule has 0 aromatic carbocycles. The summed E-state index contributed by atoms with van der Waals surface area (Å²) in [6.45, 7) is 4.76. The number of amides is 2. The molecule has 1 aliphatic carbocycles. The van der Waals surface area contributed by atoms with E-state index in [1.54, 1.807) is 13.3 Å². The summed E-state index contributed by atoms with van der Waals surface area (Å²) < 4.78 is 40.1. The fourth-order valence-corrected chi connectivity index (χ4v) is 6.03. The normalized spacial score (nSPS) is 21.7. The average Bonchev–Trinajstić information content (AvgIpc) is 3.73. The molecule has 0 unspecified atom stereocenters. The number of ether oxygens (including phenoxy) is 2. The van der Waals surface area contributed by atoms with Crippen LogP contribution in [0.4, 0.5) is 0 Å². The number of hydrogen-bond donors (Lipinski definition) is 3. The molecule has 216 valence electrons. The van der Waals surface area contributed by atoms with Gasteiger partial charge in [-0.05, 0) is 38.5 Å². The second kappa shape index (κ2) is 14.6. The molecule has 2 atom stereocenters. The van der Waals surface area contributed by atoms with Crippen molar-refractivity contribution in [3.8, 4) is 0 Å². The van der Waals surface area contributed by atoms with Gasteiger partial charge in [0.1, 0.15) is 12.4 Å². The van der Waals surface area contributed by atoms with Crippen LogP contribution < -0.4 is 15.9 Å². The van der Waals surface area contributed by atoms with Crippen LogP contribution in [0, 0.1) is 5.92 Å². The minimum Gasteiger partial charge on any atom is -0.466 e. The highest BCUT2D eigenvalue weighted by atomic mass is 32.2. The lowest BCUT2D eigenvalue weighted by atomic mass is 9.98. The van der Waals surface area contributed by atoms with Crippen LogP contribution in [0.2, 0.25) is 0 Å². The van der Waals surface area contributed by atoms with E-state index in [2.05, 4.69) is 15.1 Å². The highest BCUT2D eigenvalue weighted by Gasteiger charge is 2.39. The van der Waals surface area contributed by atoms with Crippen molar-refractivity contribution in [2.24, 2.45) is 16.9 Å². The van der Waals surface area contributed by atoms with Crippen LogP contribution >= 0.6 is 0 Å². The van der Waals surface area contributed by atoms with Gasteiger partial charge in [0.25, 0.3) is 10.2 Å². The van der Waals surface area contributed by atoms with Crippen LogP contribution in [0.1, 0.15) is 45.4 Å². The van der Waals surface area contributed by atoms with Gasteiger partial charge < -0.3 is 30.4 Å². The summed E-state index contributed by atoms with van der Waals surface area (Å²) in [6.07, 6.45) is 4.59. The van der Waals surface area contributed by atoms with Crippen LogP contribution in [0.3, 0.4) is 0 Å². The minimum absolute atomic E-state index is 0.00447. The van der Waals surface area contributed by atoms with E-state index in [4.69, 9.17) is 15.3 Å². The van der Waals surface area contributed by atoms with Crippen molar-refractivity contribution in [3.63, 3.8) is 0 Å². The van der Waals surface area contributed by atoms with Gasteiger partial charge in [0, 0.05) is 45.3 Å². The Balaban J connectivity index is 1.67. The van der Waals surface area contributed by atoms with Crippen LogP contribution in [-0.4, -0.2) is 118 Å². The summed E-state index contributed by atoms with van der Waals surface area (Å²) in [5.74, 6) is 4.04. The van der Waals surface area contributed by atoms with E-state index in [1.165, 1.54) is 9.21 Å². The Bertz CT molecular complexity index is 938. The van der Waals surface area contributed by atoms with E-state index in [0.29, 0.717) is 13.1 Å². The smallest absolute Gasteiger partial charge is 0.307 e. The molecule has 3 fully saturated rings. The molecule has 14 nitrogen and oxygen atoms in total. The second-order valence-electron chi connectivity index (χ2n) is 9.78. The van der Waals surface area contributed by atoms with E-state index in [0.717, 1.165) is 32.2 Å². The maximum atomic E-state index is 13.6. The van der Waals surface area contributed by atoms with Gasteiger partial charge in [0.05, 0.1) is 32.7 Å². The predicted octanol–water partition coefficient (Wildman–Crippen LogP) is -1.41. The Kier molecular flexibility index (Phi) is 11.6. The molecule has 2 amide bonds. The Morgan fingerprint density at radius 2 is 1.95 bits per heavy atom. The van der Waals surface area contributed by atoms with Crippen molar-refractivity contribution in [3.05, 3.63) is 0 Å². The number of morpholine rings is 1. The first kappa shape index (κ1) is 30.1. The molecule has 0 aromatic rings. The molecule has 0 spiro atoms. The van der Waals surface area contributed by atoms with Gasteiger partial charge in [0.15, 0.2) is 0 Å². The van der Waals surface area contributed by atoms with Crippen LogP contribution in [0.25, 0.3) is 0 Å². The Hall–Kier alpha value is -2.49. The van der Waals surface area contributed by atoms with E-state index >= 15 is 0 Å². The van der Waals surface area contributed by atoms with Gasteiger partial charge in [-0.3, -0.25) is 14.4 Å². The fraction of sp³-hybridized carbons (Fsp3) is 0.826. The highest BCUT2D eigenvalue weighted by molar-refractivity contribution is 7.87. The molecule has 0 aromatic heterocycles. The summed E-state index contributed by atoms with van der Waals surface area (Å²) in [5, 5.41) is 6.42.